The van der Waals surface area contributed by atoms with E-state index in [1.807, 2.05) is 12.1 Å². The zero-order valence-electron chi connectivity index (χ0n) is 24.9. The predicted molar refractivity (Wildman–Crippen MR) is 164 cm³/mol. The Labute approximate surface area is 232 Å². The van der Waals surface area contributed by atoms with Crippen LogP contribution in [-0.4, -0.2) is 11.6 Å². The van der Waals surface area contributed by atoms with Crippen LogP contribution < -0.4 is 0 Å². The Morgan fingerprint density at radius 3 is 1.42 bits per heavy atom. The van der Waals surface area contributed by atoms with Crippen molar-refractivity contribution in [1.29, 1.82) is 0 Å². The first kappa shape index (κ1) is 31.2. The third-order valence-corrected chi connectivity index (χ3v) is 7.32. The molecule has 0 amide bonds. The van der Waals surface area contributed by atoms with Gasteiger partial charge in [-0.2, -0.15) is 0 Å². The molecule has 2 nitrogen and oxygen atoms in total. The molecule has 1 aromatic rings. The number of carbonyl (C=O) groups excluding carboxylic acids is 2. The summed E-state index contributed by atoms with van der Waals surface area (Å²) in [6.07, 6.45) is 20.8. The van der Waals surface area contributed by atoms with Crippen molar-refractivity contribution >= 4 is 11.6 Å². The topological polar surface area (TPSA) is 34.1 Å². The van der Waals surface area contributed by atoms with E-state index >= 15 is 0 Å². The predicted octanol–water partition coefficient (Wildman–Crippen LogP) is 10.6. The molecule has 0 radical (unpaired) electrons. The van der Waals surface area contributed by atoms with Crippen LogP contribution in [0.1, 0.15) is 127 Å². The van der Waals surface area contributed by atoms with E-state index in [9.17, 15) is 9.59 Å². The van der Waals surface area contributed by atoms with E-state index in [1.165, 1.54) is 27.9 Å². The first-order chi connectivity index (χ1) is 18.1. The molecule has 0 bridgehead atoms. The van der Waals surface area contributed by atoms with Gasteiger partial charge in [-0.25, -0.2) is 0 Å². The van der Waals surface area contributed by atoms with Gasteiger partial charge < -0.3 is 0 Å². The van der Waals surface area contributed by atoms with E-state index in [0.717, 1.165) is 51.4 Å². The summed E-state index contributed by atoms with van der Waals surface area (Å²) in [5.74, 6) is -0.0303. The minimum atomic E-state index is -0.0224. The number of carbonyl (C=O) groups is 2. The summed E-state index contributed by atoms with van der Waals surface area (Å²) in [6.45, 7) is 14.9. The number of benzene rings is 1. The van der Waals surface area contributed by atoms with Gasteiger partial charge in [-0.1, -0.05) is 82.5 Å². The van der Waals surface area contributed by atoms with E-state index in [2.05, 4.69) is 71.9 Å². The number of Topliss-reactive ketones (excluding diaryl/α,β-unsaturated/α-hetero) is 2. The van der Waals surface area contributed by atoms with Crippen molar-refractivity contribution in [2.24, 2.45) is 0 Å². The molecule has 0 atom stereocenters. The molecule has 0 unspecified atom stereocenters. The average Bonchev–Trinajstić information content (AvgIpc) is 2.87. The zero-order chi connectivity index (χ0) is 28.1. The van der Waals surface area contributed by atoms with Gasteiger partial charge in [0.1, 0.15) is 0 Å². The van der Waals surface area contributed by atoms with Crippen molar-refractivity contribution in [3.63, 3.8) is 0 Å². The zero-order valence-corrected chi connectivity index (χ0v) is 24.9. The maximum absolute atomic E-state index is 12.9. The molecule has 38 heavy (non-hydrogen) atoms. The summed E-state index contributed by atoms with van der Waals surface area (Å²) in [4.78, 5) is 25.6. The highest BCUT2D eigenvalue weighted by Crippen LogP contribution is 2.28. The highest BCUT2D eigenvalue weighted by Gasteiger charge is 2.28. The SMILES string of the molecule is CC(C)=CCC/C(C)=C/CC/C(C)=C/CC/C(C)=C/CC/C(C)=C/CC1=C(C)C(=O)c2ccccc2C1=O. The Balaban J connectivity index is 1.74. The lowest BCUT2D eigenvalue weighted by molar-refractivity contribution is 0.0973. The van der Waals surface area contributed by atoms with E-state index in [-0.39, 0.29) is 11.6 Å². The maximum atomic E-state index is 12.9. The minimum Gasteiger partial charge on any atom is -0.289 e. The monoisotopic (exact) mass is 512 g/mol. The maximum Gasteiger partial charge on any atom is 0.190 e. The lowest BCUT2D eigenvalue weighted by Gasteiger charge is -2.18. The molecular formula is C36H48O2. The van der Waals surface area contributed by atoms with E-state index in [1.54, 1.807) is 19.1 Å². The van der Waals surface area contributed by atoms with Gasteiger partial charge in [0, 0.05) is 22.3 Å². The van der Waals surface area contributed by atoms with Crippen molar-refractivity contribution in [1.82, 2.24) is 0 Å². The normalized spacial score (nSPS) is 15.2. The number of fused-ring (bicyclic) bond motifs is 1. The van der Waals surface area contributed by atoms with Gasteiger partial charge in [0.05, 0.1) is 0 Å². The quantitative estimate of drug-likeness (QED) is 0.232. The Hall–Kier alpha value is -3.00. The van der Waals surface area contributed by atoms with Crippen molar-refractivity contribution in [3.05, 3.63) is 105 Å². The second kappa shape index (κ2) is 16.1. The van der Waals surface area contributed by atoms with Crippen LogP contribution >= 0.6 is 0 Å². The molecule has 0 aromatic heterocycles. The van der Waals surface area contributed by atoms with Crippen LogP contribution in [0, 0.1) is 0 Å². The Morgan fingerprint density at radius 2 is 0.974 bits per heavy atom. The van der Waals surface area contributed by atoms with Crippen LogP contribution in [0.2, 0.25) is 0 Å². The minimum absolute atomic E-state index is 0.00790. The molecule has 1 aromatic carbocycles. The van der Waals surface area contributed by atoms with Crippen LogP contribution in [0.15, 0.2) is 93.7 Å². The van der Waals surface area contributed by atoms with Crippen LogP contribution in [-0.2, 0) is 0 Å². The number of ketones is 2. The van der Waals surface area contributed by atoms with Crippen molar-refractivity contribution in [2.45, 2.75) is 106 Å². The van der Waals surface area contributed by atoms with E-state index < -0.39 is 0 Å². The van der Waals surface area contributed by atoms with Gasteiger partial charge in [0.15, 0.2) is 11.6 Å². The van der Waals surface area contributed by atoms with Crippen LogP contribution in [0.5, 0.6) is 0 Å². The molecule has 0 saturated heterocycles. The van der Waals surface area contributed by atoms with E-state index in [4.69, 9.17) is 0 Å². The molecule has 1 aliphatic rings. The number of hydrogen-bond donors (Lipinski definition) is 0. The average molecular weight is 513 g/mol. The highest BCUT2D eigenvalue weighted by molar-refractivity contribution is 6.26. The Bertz CT molecular complexity index is 1170. The Morgan fingerprint density at radius 1 is 0.579 bits per heavy atom. The second-order valence-corrected chi connectivity index (χ2v) is 11.1. The second-order valence-electron chi connectivity index (χ2n) is 11.1. The molecule has 0 N–H and O–H groups in total. The van der Waals surface area contributed by atoms with Gasteiger partial charge in [-0.05, 0) is 106 Å². The first-order valence-electron chi connectivity index (χ1n) is 14.2. The van der Waals surface area contributed by atoms with Crippen molar-refractivity contribution in [2.75, 3.05) is 0 Å². The molecule has 204 valence electrons. The van der Waals surface area contributed by atoms with Gasteiger partial charge in [0.25, 0.3) is 0 Å². The molecule has 0 spiro atoms. The first-order valence-corrected chi connectivity index (χ1v) is 14.2. The summed E-state index contributed by atoms with van der Waals surface area (Å²) in [6, 6.07) is 7.14. The number of allylic oxidation sites excluding steroid dienone is 12. The van der Waals surface area contributed by atoms with Gasteiger partial charge >= 0.3 is 0 Å². The fraction of sp³-hybridized carbons (Fsp3) is 0.444. The van der Waals surface area contributed by atoms with Crippen molar-refractivity contribution in [3.8, 4) is 0 Å². The number of rotatable bonds is 14. The van der Waals surface area contributed by atoms with Crippen LogP contribution in [0.3, 0.4) is 0 Å². The lowest BCUT2D eigenvalue weighted by Crippen LogP contribution is -2.20. The molecule has 0 saturated carbocycles. The van der Waals surface area contributed by atoms with E-state index in [0.29, 0.717) is 28.7 Å². The summed E-state index contributed by atoms with van der Waals surface area (Å²) >= 11 is 0. The summed E-state index contributed by atoms with van der Waals surface area (Å²) in [5.41, 5.74) is 9.35. The van der Waals surface area contributed by atoms with Crippen LogP contribution in [0.25, 0.3) is 0 Å². The summed E-state index contributed by atoms with van der Waals surface area (Å²) < 4.78 is 0. The number of hydrogen-bond acceptors (Lipinski definition) is 2. The van der Waals surface area contributed by atoms with Gasteiger partial charge in [-0.15, -0.1) is 0 Å². The highest BCUT2D eigenvalue weighted by atomic mass is 16.1. The molecule has 0 fully saturated rings. The lowest BCUT2D eigenvalue weighted by atomic mass is 9.83. The molecule has 0 heterocycles. The fourth-order valence-electron chi connectivity index (χ4n) is 4.71. The molecule has 1 aliphatic carbocycles. The fourth-order valence-corrected chi connectivity index (χ4v) is 4.71. The van der Waals surface area contributed by atoms with Gasteiger partial charge in [-0.3, -0.25) is 9.59 Å². The van der Waals surface area contributed by atoms with Gasteiger partial charge in [0.2, 0.25) is 0 Å². The largest absolute Gasteiger partial charge is 0.289 e. The summed E-state index contributed by atoms with van der Waals surface area (Å²) in [5, 5.41) is 0. The molecular weight excluding hydrogens is 464 g/mol. The molecule has 0 aliphatic heterocycles. The standard InChI is InChI=1S/C36H48O2/c1-26(2)14-10-15-27(3)16-11-17-28(4)18-12-19-29(5)20-13-21-30(6)24-25-32-31(7)35(37)33-22-8-9-23-34(33)36(32)38/h8-9,14,16,18,20,22-24H,10-13,15,17,19,21,25H2,1-7H3/b27-16+,28-18+,29-20+,30-24+. The van der Waals surface area contributed by atoms with Crippen LogP contribution in [0.4, 0.5) is 0 Å². The third kappa shape index (κ3) is 10.4. The Kier molecular flexibility index (Phi) is 13.2. The molecule has 2 heteroatoms. The van der Waals surface area contributed by atoms with Crippen molar-refractivity contribution < 1.29 is 9.59 Å². The smallest absolute Gasteiger partial charge is 0.190 e. The molecule has 2 rings (SSSR count). The summed E-state index contributed by atoms with van der Waals surface area (Å²) in [7, 11) is 0. The third-order valence-electron chi connectivity index (χ3n) is 7.32.